The molecule has 1 saturated heterocycles. The SMILES string of the molecule is O=C(Nc1ccccc1C(=O)N1CCCCC1)c1ccccc1F. The van der Waals surface area contributed by atoms with E-state index in [0.29, 0.717) is 11.3 Å². The van der Waals surface area contributed by atoms with E-state index in [1.54, 1.807) is 35.2 Å². The molecule has 3 rings (SSSR count). The van der Waals surface area contributed by atoms with Crippen molar-refractivity contribution in [2.24, 2.45) is 0 Å². The van der Waals surface area contributed by atoms with Gasteiger partial charge in [0.05, 0.1) is 16.8 Å². The van der Waals surface area contributed by atoms with E-state index in [1.807, 2.05) is 0 Å². The van der Waals surface area contributed by atoms with E-state index in [2.05, 4.69) is 5.32 Å². The van der Waals surface area contributed by atoms with E-state index >= 15 is 0 Å². The van der Waals surface area contributed by atoms with Gasteiger partial charge in [-0.2, -0.15) is 0 Å². The van der Waals surface area contributed by atoms with Gasteiger partial charge >= 0.3 is 0 Å². The highest BCUT2D eigenvalue weighted by molar-refractivity contribution is 6.09. The summed E-state index contributed by atoms with van der Waals surface area (Å²) in [5, 5.41) is 2.66. The van der Waals surface area contributed by atoms with Crippen LogP contribution in [-0.4, -0.2) is 29.8 Å². The Kier molecular flexibility index (Phi) is 4.89. The second-order valence-corrected chi connectivity index (χ2v) is 5.83. The Labute approximate surface area is 140 Å². The Balaban J connectivity index is 1.83. The highest BCUT2D eigenvalue weighted by Gasteiger charge is 2.21. The molecule has 124 valence electrons. The van der Waals surface area contributed by atoms with Gasteiger partial charge in [0, 0.05) is 13.1 Å². The lowest BCUT2D eigenvalue weighted by Crippen LogP contribution is -2.36. The minimum absolute atomic E-state index is 0.0438. The average molecular weight is 326 g/mol. The monoisotopic (exact) mass is 326 g/mol. The summed E-state index contributed by atoms with van der Waals surface area (Å²) in [6.07, 6.45) is 3.13. The van der Waals surface area contributed by atoms with Gasteiger partial charge in [0.1, 0.15) is 5.82 Å². The van der Waals surface area contributed by atoms with Gasteiger partial charge in [-0.15, -0.1) is 0 Å². The number of nitrogens with zero attached hydrogens (tertiary/aromatic N) is 1. The van der Waals surface area contributed by atoms with E-state index < -0.39 is 11.7 Å². The first kappa shape index (κ1) is 16.2. The van der Waals surface area contributed by atoms with Crippen LogP contribution in [0.15, 0.2) is 48.5 Å². The Morgan fingerprint density at radius 3 is 2.21 bits per heavy atom. The number of anilines is 1. The third-order valence-electron chi connectivity index (χ3n) is 4.17. The molecule has 1 heterocycles. The van der Waals surface area contributed by atoms with Crippen molar-refractivity contribution < 1.29 is 14.0 Å². The summed E-state index contributed by atoms with van der Waals surface area (Å²) in [4.78, 5) is 26.8. The minimum atomic E-state index is -0.588. The number of nitrogens with one attached hydrogen (secondary N) is 1. The van der Waals surface area contributed by atoms with Crippen LogP contribution in [0.2, 0.25) is 0 Å². The first-order valence-corrected chi connectivity index (χ1v) is 8.11. The summed E-state index contributed by atoms with van der Waals surface area (Å²) in [6, 6.07) is 12.6. The van der Waals surface area contributed by atoms with Crippen LogP contribution in [0.3, 0.4) is 0 Å². The largest absolute Gasteiger partial charge is 0.339 e. The molecule has 0 spiro atoms. The van der Waals surface area contributed by atoms with Gasteiger partial charge in [0.2, 0.25) is 0 Å². The molecule has 1 fully saturated rings. The van der Waals surface area contributed by atoms with Gasteiger partial charge in [-0.05, 0) is 43.5 Å². The van der Waals surface area contributed by atoms with Crippen molar-refractivity contribution in [3.63, 3.8) is 0 Å². The van der Waals surface area contributed by atoms with Gasteiger partial charge in [0.15, 0.2) is 0 Å². The molecule has 0 aromatic heterocycles. The maximum Gasteiger partial charge on any atom is 0.258 e. The van der Waals surface area contributed by atoms with Crippen LogP contribution in [-0.2, 0) is 0 Å². The highest BCUT2D eigenvalue weighted by atomic mass is 19.1. The molecule has 0 aliphatic carbocycles. The van der Waals surface area contributed by atoms with Gasteiger partial charge in [0.25, 0.3) is 11.8 Å². The molecular weight excluding hydrogens is 307 g/mol. The number of likely N-dealkylation sites (tertiary alicyclic amines) is 1. The van der Waals surface area contributed by atoms with E-state index in [0.717, 1.165) is 32.4 Å². The Hall–Kier alpha value is -2.69. The molecule has 2 aromatic carbocycles. The van der Waals surface area contributed by atoms with Gasteiger partial charge in [-0.1, -0.05) is 24.3 Å². The Bertz CT molecular complexity index is 755. The number of carbonyl (C=O) groups excluding carboxylic acids is 2. The molecular formula is C19H19FN2O2. The van der Waals surface area contributed by atoms with Crippen LogP contribution < -0.4 is 5.32 Å². The summed E-state index contributed by atoms with van der Waals surface area (Å²) in [5.41, 5.74) is 0.795. The van der Waals surface area contributed by atoms with E-state index in [-0.39, 0.29) is 11.5 Å². The van der Waals surface area contributed by atoms with Gasteiger partial charge < -0.3 is 10.2 Å². The summed E-state index contributed by atoms with van der Waals surface area (Å²) in [6.45, 7) is 1.46. The summed E-state index contributed by atoms with van der Waals surface area (Å²) in [7, 11) is 0. The molecule has 0 radical (unpaired) electrons. The molecule has 1 N–H and O–H groups in total. The quantitative estimate of drug-likeness (QED) is 0.935. The number of hydrogen-bond donors (Lipinski definition) is 1. The second-order valence-electron chi connectivity index (χ2n) is 5.83. The standard InChI is InChI=1S/C19H19FN2O2/c20-16-10-4-2-8-14(16)18(23)21-17-11-5-3-9-15(17)19(24)22-12-6-1-7-13-22/h2-5,8-11H,1,6-7,12-13H2,(H,21,23). The summed E-state index contributed by atoms with van der Waals surface area (Å²) >= 11 is 0. The minimum Gasteiger partial charge on any atom is -0.339 e. The first-order chi connectivity index (χ1) is 11.7. The van der Waals surface area contributed by atoms with Crippen molar-refractivity contribution in [1.29, 1.82) is 0 Å². The first-order valence-electron chi connectivity index (χ1n) is 8.11. The molecule has 24 heavy (non-hydrogen) atoms. The topological polar surface area (TPSA) is 49.4 Å². The van der Waals surface area contributed by atoms with Crippen molar-refractivity contribution in [1.82, 2.24) is 4.90 Å². The molecule has 4 nitrogen and oxygen atoms in total. The fourth-order valence-corrected chi connectivity index (χ4v) is 2.88. The molecule has 1 aliphatic heterocycles. The Morgan fingerprint density at radius 2 is 1.50 bits per heavy atom. The fraction of sp³-hybridized carbons (Fsp3) is 0.263. The van der Waals surface area contributed by atoms with Crippen molar-refractivity contribution in [2.45, 2.75) is 19.3 Å². The number of hydrogen-bond acceptors (Lipinski definition) is 2. The average Bonchev–Trinajstić information content (AvgIpc) is 2.62. The lowest BCUT2D eigenvalue weighted by Gasteiger charge is -2.27. The van der Waals surface area contributed by atoms with Crippen molar-refractivity contribution in [3.05, 3.63) is 65.5 Å². The number of benzene rings is 2. The van der Waals surface area contributed by atoms with Crippen LogP contribution in [0.5, 0.6) is 0 Å². The second kappa shape index (κ2) is 7.25. The third-order valence-corrected chi connectivity index (χ3v) is 4.17. The number of carbonyl (C=O) groups is 2. The summed E-state index contributed by atoms with van der Waals surface area (Å²) < 4.78 is 13.8. The third kappa shape index (κ3) is 3.45. The predicted octanol–water partition coefficient (Wildman–Crippen LogP) is 3.70. The van der Waals surface area contributed by atoms with Crippen LogP contribution >= 0.6 is 0 Å². The smallest absolute Gasteiger partial charge is 0.258 e. The zero-order chi connectivity index (χ0) is 16.9. The molecule has 0 atom stereocenters. The van der Waals surface area contributed by atoms with Crippen LogP contribution in [0.4, 0.5) is 10.1 Å². The van der Waals surface area contributed by atoms with Crippen molar-refractivity contribution >= 4 is 17.5 Å². The molecule has 2 aromatic rings. The van der Waals surface area contributed by atoms with Crippen molar-refractivity contribution in [2.75, 3.05) is 18.4 Å². The van der Waals surface area contributed by atoms with Crippen LogP contribution in [0, 0.1) is 5.82 Å². The molecule has 2 amide bonds. The molecule has 0 bridgehead atoms. The van der Waals surface area contributed by atoms with E-state index in [9.17, 15) is 14.0 Å². The van der Waals surface area contributed by atoms with Gasteiger partial charge in [-0.3, -0.25) is 9.59 Å². The maximum atomic E-state index is 13.8. The normalized spacial score (nSPS) is 14.3. The number of para-hydroxylation sites is 1. The van der Waals surface area contributed by atoms with Crippen LogP contribution in [0.1, 0.15) is 40.0 Å². The maximum absolute atomic E-state index is 13.8. The number of piperidine rings is 1. The van der Waals surface area contributed by atoms with Crippen LogP contribution in [0.25, 0.3) is 0 Å². The van der Waals surface area contributed by atoms with E-state index in [4.69, 9.17) is 0 Å². The zero-order valence-electron chi connectivity index (χ0n) is 13.3. The highest BCUT2D eigenvalue weighted by Crippen LogP contribution is 2.21. The number of halogens is 1. The molecule has 0 unspecified atom stereocenters. The Morgan fingerprint density at radius 1 is 0.875 bits per heavy atom. The van der Waals surface area contributed by atoms with E-state index in [1.165, 1.54) is 18.2 Å². The predicted molar refractivity (Wildman–Crippen MR) is 90.5 cm³/mol. The van der Waals surface area contributed by atoms with Gasteiger partial charge in [-0.25, -0.2) is 4.39 Å². The molecule has 5 heteroatoms. The number of amides is 2. The molecule has 0 saturated carbocycles. The lowest BCUT2D eigenvalue weighted by atomic mass is 10.1. The molecule has 1 aliphatic rings. The lowest BCUT2D eigenvalue weighted by molar-refractivity contribution is 0.0725. The zero-order valence-corrected chi connectivity index (χ0v) is 13.3. The number of rotatable bonds is 3. The summed E-state index contributed by atoms with van der Waals surface area (Å²) in [5.74, 6) is -1.25. The van der Waals surface area contributed by atoms with Crippen molar-refractivity contribution in [3.8, 4) is 0 Å². The fourth-order valence-electron chi connectivity index (χ4n) is 2.88.